The number of benzene rings is 3. The largest absolute Gasteiger partial charge is 0.295 e. The molecule has 0 saturated carbocycles. The number of halogens is 1. The number of amides is 1. The summed E-state index contributed by atoms with van der Waals surface area (Å²) in [5.41, 5.74) is 4.69. The maximum Gasteiger partial charge on any atom is 0.262 e. The Labute approximate surface area is 178 Å². The number of Topliss-reactive ketones (excluding diaryl/α,β-unsaturated/α-hetero) is 1. The van der Waals surface area contributed by atoms with E-state index in [0.29, 0.717) is 11.1 Å². The highest BCUT2D eigenvalue weighted by Crippen LogP contribution is 2.35. The lowest BCUT2D eigenvalue weighted by molar-refractivity contribution is -0.113. The van der Waals surface area contributed by atoms with Crippen molar-refractivity contribution in [2.45, 2.75) is 6.92 Å². The van der Waals surface area contributed by atoms with Gasteiger partial charge in [0, 0.05) is 21.3 Å². The van der Waals surface area contributed by atoms with E-state index in [-0.39, 0.29) is 11.7 Å². The highest BCUT2D eigenvalue weighted by atomic mass is 79.9. The van der Waals surface area contributed by atoms with Gasteiger partial charge in [-0.1, -0.05) is 58.4 Å². The summed E-state index contributed by atoms with van der Waals surface area (Å²) in [4.78, 5) is 26.6. The number of anilines is 1. The molecule has 1 aliphatic heterocycles. The van der Waals surface area contributed by atoms with Crippen LogP contribution < -0.4 is 4.90 Å². The Hall–Kier alpha value is -3.24. The standard InChI is InChI=1S/C25H18BrNO2/c1-17(28)19-9-13-23(14-10-19)27-24(20-5-3-2-4-6-20)16-21(25(27)29)15-18-7-11-22(26)12-8-18/h2-16H,1H3/b21-15+. The summed E-state index contributed by atoms with van der Waals surface area (Å²) in [6.45, 7) is 1.53. The van der Waals surface area contributed by atoms with Crippen LogP contribution in [-0.4, -0.2) is 11.7 Å². The fourth-order valence-corrected chi connectivity index (χ4v) is 3.54. The van der Waals surface area contributed by atoms with Gasteiger partial charge in [-0.05, 0) is 66.6 Å². The van der Waals surface area contributed by atoms with Gasteiger partial charge in [-0.15, -0.1) is 0 Å². The molecule has 142 valence electrons. The van der Waals surface area contributed by atoms with Crippen molar-refractivity contribution in [2.75, 3.05) is 4.90 Å². The predicted molar refractivity (Wildman–Crippen MR) is 120 cm³/mol. The van der Waals surface area contributed by atoms with Crippen LogP contribution in [0.25, 0.3) is 11.8 Å². The van der Waals surface area contributed by atoms with Gasteiger partial charge in [-0.25, -0.2) is 0 Å². The van der Waals surface area contributed by atoms with Crippen molar-refractivity contribution in [1.29, 1.82) is 0 Å². The van der Waals surface area contributed by atoms with Crippen LogP contribution in [0.4, 0.5) is 5.69 Å². The van der Waals surface area contributed by atoms with Crippen LogP contribution in [0, 0.1) is 0 Å². The van der Waals surface area contributed by atoms with Crippen LogP contribution in [0.5, 0.6) is 0 Å². The number of nitrogens with zero attached hydrogens (tertiary/aromatic N) is 1. The second-order valence-corrected chi connectivity index (χ2v) is 7.71. The van der Waals surface area contributed by atoms with E-state index in [9.17, 15) is 9.59 Å². The average molecular weight is 444 g/mol. The Bertz CT molecular complexity index is 1130. The quantitative estimate of drug-likeness (QED) is 0.359. The molecule has 29 heavy (non-hydrogen) atoms. The lowest BCUT2D eigenvalue weighted by atomic mass is 10.1. The Morgan fingerprint density at radius 2 is 1.55 bits per heavy atom. The molecule has 3 aromatic carbocycles. The van der Waals surface area contributed by atoms with Crippen molar-refractivity contribution in [1.82, 2.24) is 0 Å². The molecule has 0 spiro atoms. The third kappa shape index (κ3) is 3.98. The highest BCUT2D eigenvalue weighted by Gasteiger charge is 2.30. The minimum atomic E-state index is -0.0950. The molecule has 0 unspecified atom stereocenters. The van der Waals surface area contributed by atoms with E-state index in [1.54, 1.807) is 17.0 Å². The van der Waals surface area contributed by atoms with Crippen molar-refractivity contribution >= 4 is 45.1 Å². The summed E-state index contributed by atoms with van der Waals surface area (Å²) >= 11 is 3.43. The van der Waals surface area contributed by atoms with Gasteiger partial charge in [0.2, 0.25) is 0 Å². The molecule has 0 N–H and O–H groups in total. The number of hydrogen-bond donors (Lipinski definition) is 0. The van der Waals surface area contributed by atoms with Crippen molar-refractivity contribution in [3.8, 4) is 0 Å². The third-order valence-electron chi connectivity index (χ3n) is 4.78. The van der Waals surface area contributed by atoms with Crippen molar-refractivity contribution in [2.24, 2.45) is 0 Å². The zero-order chi connectivity index (χ0) is 20.4. The zero-order valence-electron chi connectivity index (χ0n) is 15.8. The van der Waals surface area contributed by atoms with Crippen molar-refractivity contribution in [3.63, 3.8) is 0 Å². The number of carbonyl (C=O) groups excluding carboxylic acids is 2. The molecule has 4 rings (SSSR count). The van der Waals surface area contributed by atoms with Crippen LogP contribution in [0.3, 0.4) is 0 Å². The first kappa shape index (κ1) is 19.1. The SMILES string of the molecule is CC(=O)c1ccc(N2C(=O)/C(=C/c3ccc(Br)cc3)C=C2c2ccccc2)cc1. The fourth-order valence-electron chi connectivity index (χ4n) is 3.28. The predicted octanol–water partition coefficient (Wildman–Crippen LogP) is 6.12. The third-order valence-corrected chi connectivity index (χ3v) is 5.31. The van der Waals surface area contributed by atoms with E-state index < -0.39 is 0 Å². The molecule has 1 heterocycles. The minimum Gasteiger partial charge on any atom is -0.295 e. The number of carbonyl (C=O) groups is 2. The second-order valence-electron chi connectivity index (χ2n) is 6.79. The van der Waals surface area contributed by atoms with E-state index >= 15 is 0 Å². The summed E-state index contributed by atoms with van der Waals surface area (Å²) in [6.07, 6.45) is 3.81. The zero-order valence-corrected chi connectivity index (χ0v) is 17.4. The molecule has 3 aromatic rings. The molecule has 0 aromatic heterocycles. The summed E-state index contributed by atoms with van der Waals surface area (Å²) < 4.78 is 0.991. The molecule has 0 fully saturated rings. The maximum atomic E-state index is 13.3. The Morgan fingerprint density at radius 1 is 0.897 bits per heavy atom. The Balaban J connectivity index is 1.79. The molecule has 0 bridgehead atoms. The molecule has 1 amide bonds. The van der Waals surface area contributed by atoms with Crippen LogP contribution in [0.2, 0.25) is 0 Å². The molecule has 4 heteroatoms. The first-order chi connectivity index (χ1) is 14.0. The van der Waals surface area contributed by atoms with Gasteiger partial charge in [-0.2, -0.15) is 0 Å². The maximum absolute atomic E-state index is 13.3. The van der Waals surface area contributed by atoms with Crippen molar-refractivity contribution in [3.05, 3.63) is 112 Å². The summed E-state index contributed by atoms with van der Waals surface area (Å²) in [5.74, 6) is -0.0960. The lowest BCUT2D eigenvalue weighted by Crippen LogP contribution is -2.25. The number of ketones is 1. The molecule has 0 aliphatic carbocycles. The minimum absolute atomic E-state index is 0.000975. The highest BCUT2D eigenvalue weighted by molar-refractivity contribution is 9.10. The van der Waals surface area contributed by atoms with Gasteiger partial charge in [0.25, 0.3) is 5.91 Å². The van der Waals surface area contributed by atoms with E-state index in [1.807, 2.05) is 78.9 Å². The van der Waals surface area contributed by atoms with E-state index in [2.05, 4.69) is 15.9 Å². The monoisotopic (exact) mass is 443 g/mol. The first-order valence-electron chi connectivity index (χ1n) is 9.23. The van der Waals surface area contributed by atoms with Gasteiger partial charge in [-0.3, -0.25) is 14.5 Å². The van der Waals surface area contributed by atoms with Gasteiger partial charge in [0.05, 0.1) is 5.70 Å². The van der Waals surface area contributed by atoms with Gasteiger partial charge >= 0.3 is 0 Å². The van der Waals surface area contributed by atoms with E-state index in [1.165, 1.54) is 6.92 Å². The molecule has 0 atom stereocenters. The van der Waals surface area contributed by atoms with Crippen LogP contribution >= 0.6 is 15.9 Å². The molecule has 3 nitrogen and oxygen atoms in total. The number of hydrogen-bond acceptors (Lipinski definition) is 2. The van der Waals surface area contributed by atoms with Gasteiger partial charge in [0.15, 0.2) is 5.78 Å². The van der Waals surface area contributed by atoms with E-state index in [0.717, 1.165) is 27.0 Å². The molecule has 0 saturated heterocycles. The first-order valence-corrected chi connectivity index (χ1v) is 10.0. The van der Waals surface area contributed by atoms with Crippen LogP contribution in [0.1, 0.15) is 28.4 Å². The number of rotatable bonds is 4. The molecular weight excluding hydrogens is 426 g/mol. The smallest absolute Gasteiger partial charge is 0.262 e. The topological polar surface area (TPSA) is 37.4 Å². The average Bonchev–Trinajstić information content (AvgIpc) is 3.06. The summed E-state index contributed by atoms with van der Waals surface area (Å²) in [7, 11) is 0. The Kier molecular flexibility index (Phi) is 5.28. The van der Waals surface area contributed by atoms with Crippen LogP contribution in [-0.2, 0) is 4.79 Å². The lowest BCUT2D eigenvalue weighted by Gasteiger charge is -2.21. The van der Waals surface area contributed by atoms with Gasteiger partial charge < -0.3 is 0 Å². The summed E-state index contributed by atoms with van der Waals surface area (Å²) in [6, 6.07) is 24.8. The second kappa shape index (κ2) is 8.02. The van der Waals surface area contributed by atoms with Gasteiger partial charge in [0.1, 0.15) is 0 Å². The van der Waals surface area contributed by atoms with Crippen LogP contribution in [0.15, 0.2) is 95.0 Å². The molecule has 1 aliphatic rings. The van der Waals surface area contributed by atoms with Crippen molar-refractivity contribution < 1.29 is 9.59 Å². The summed E-state index contributed by atoms with van der Waals surface area (Å²) in [5, 5.41) is 0. The van der Waals surface area contributed by atoms with E-state index in [4.69, 9.17) is 0 Å². The Morgan fingerprint density at radius 3 is 2.17 bits per heavy atom. The normalized spacial score (nSPS) is 15.0. The fraction of sp³-hybridized carbons (Fsp3) is 0.0400. The molecular formula is C25H18BrNO2. The molecule has 0 radical (unpaired) electrons.